The van der Waals surface area contributed by atoms with Crippen LogP contribution in [-0.4, -0.2) is 33.1 Å². The number of hydrogen-bond donors (Lipinski definition) is 1. The number of ether oxygens (including phenoxy) is 1. The maximum Gasteiger partial charge on any atom is 0.341 e. The molecule has 0 spiro atoms. The van der Waals surface area contributed by atoms with Crippen molar-refractivity contribution in [2.45, 2.75) is 0 Å². The van der Waals surface area contributed by atoms with Crippen LogP contribution in [0.25, 0.3) is 21.8 Å². The lowest BCUT2D eigenvalue weighted by molar-refractivity contribution is 0.0694. The molecule has 138 valence electrons. The second-order valence-electron chi connectivity index (χ2n) is 6.16. The summed E-state index contributed by atoms with van der Waals surface area (Å²) in [5, 5.41) is 11.4. The maximum absolute atomic E-state index is 13.2. The second-order valence-corrected chi connectivity index (χ2v) is 6.16. The SMILES string of the molecule is C=CCOc1ccc2c(ncn2C(=O)c2cccc3ccccc23)c1C(=O)O. The predicted octanol–water partition coefficient (Wildman–Crippen LogP) is 4.14. The highest BCUT2D eigenvalue weighted by Gasteiger charge is 2.22. The van der Waals surface area contributed by atoms with E-state index in [0.29, 0.717) is 11.1 Å². The van der Waals surface area contributed by atoms with E-state index in [9.17, 15) is 14.7 Å². The summed E-state index contributed by atoms with van der Waals surface area (Å²) < 4.78 is 6.80. The van der Waals surface area contributed by atoms with Crippen LogP contribution in [0.15, 0.2) is 73.6 Å². The molecular weight excluding hydrogens is 356 g/mol. The molecule has 0 aliphatic carbocycles. The lowest BCUT2D eigenvalue weighted by atomic mass is 10.0. The Hall–Kier alpha value is -3.93. The minimum absolute atomic E-state index is 0.0798. The molecule has 0 fully saturated rings. The van der Waals surface area contributed by atoms with Gasteiger partial charge in [-0.2, -0.15) is 0 Å². The van der Waals surface area contributed by atoms with Gasteiger partial charge in [0.25, 0.3) is 5.91 Å². The molecule has 0 aliphatic heterocycles. The third-order valence-corrected chi connectivity index (χ3v) is 4.49. The summed E-state index contributed by atoms with van der Waals surface area (Å²) in [4.78, 5) is 29.2. The van der Waals surface area contributed by atoms with E-state index in [4.69, 9.17) is 4.74 Å². The van der Waals surface area contributed by atoms with Gasteiger partial charge in [-0.3, -0.25) is 9.36 Å². The molecule has 0 radical (unpaired) electrons. The molecule has 0 atom stereocenters. The molecular formula is C22H16N2O4. The third kappa shape index (κ3) is 2.81. The minimum Gasteiger partial charge on any atom is -0.489 e. The Morgan fingerprint density at radius 1 is 1.11 bits per heavy atom. The minimum atomic E-state index is -1.17. The molecule has 28 heavy (non-hydrogen) atoms. The molecule has 3 aromatic carbocycles. The topological polar surface area (TPSA) is 81.4 Å². The van der Waals surface area contributed by atoms with Crippen LogP contribution in [0.2, 0.25) is 0 Å². The number of carboxylic acid groups (broad SMARTS) is 1. The average molecular weight is 372 g/mol. The van der Waals surface area contributed by atoms with Gasteiger partial charge < -0.3 is 9.84 Å². The maximum atomic E-state index is 13.2. The van der Waals surface area contributed by atoms with E-state index >= 15 is 0 Å². The fourth-order valence-corrected chi connectivity index (χ4v) is 3.24. The zero-order chi connectivity index (χ0) is 19.7. The molecule has 4 aromatic rings. The van der Waals surface area contributed by atoms with Crippen LogP contribution in [0.1, 0.15) is 20.7 Å². The number of aromatic carboxylic acids is 1. The van der Waals surface area contributed by atoms with Crippen LogP contribution < -0.4 is 4.74 Å². The monoisotopic (exact) mass is 372 g/mol. The van der Waals surface area contributed by atoms with Gasteiger partial charge in [-0.15, -0.1) is 0 Å². The number of aromatic nitrogens is 2. The fourth-order valence-electron chi connectivity index (χ4n) is 3.24. The van der Waals surface area contributed by atoms with Crippen LogP contribution in [-0.2, 0) is 0 Å². The van der Waals surface area contributed by atoms with Gasteiger partial charge in [-0.05, 0) is 29.0 Å². The number of fused-ring (bicyclic) bond motifs is 2. The molecule has 6 heteroatoms. The lowest BCUT2D eigenvalue weighted by Gasteiger charge is -2.10. The molecule has 1 heterocycles. The molecule has 0 bridgehead atoms. The van der Waals surface area contributed by atoms with E-state index in [1.54, 1.807) is 12.1 Å². The standard InChI is InChI=1S/C22H16N2O4/c1-2-12-28-18-11-10-17-20(19(18)22(26)27)23-13-24(17)21(25)16-9-5-7-14-6-3-4-8-15(14)16/h2-11,13H,1,12H2,(H,26,27). The summed E-state index contributed by atoms with van der Waals surface area (Å²) in [6.07, 6.45) is 2.87. The van der Waals surface area contributed by atoms with Gasteiger partial charge >= 0.3 is 5.97 Å². The van der Waals surface area contributed by atoms with E-state index in [0.717, 1.165) is 10.8 Å². The molecule has 0 saturated heterocycles. The summed E-state index contributed by atoms with van der Waals surface area (Å²) in [6, 6.07) is 16.3. The summed E-state index contributed by atoms with van der Waals surface area (Å²) in [5.74, 6) is -1.27. The highest BCUT2D eigenvalue weighted by Crippen LogP contribution is 2.29. The molecule has 1 N–H and O–H groups in total. The molecule has 0 amide bonds. The fraction of sp³-hybridized carbons (Fsp3) is 0.0455. The first-order chi connectivity index (χ1) is 13.6. The van der Waals surface area contributed by atoms with Crippen molar-refractivity contribution in [3.63, 3.8) is 0 Å². The zero-order valence-electron chi connectivity index (χ0n) is 14.8. The van der Waals surface area contributed by atoms with Crippen molar-refractivity contribution >= 4 is 33.7 Å². The van der Waals surface area contributed by atoms with Crippen LogP contribution in [0, 0.1) is 0 Å². The Balaban J connectivity index is 1.88. The normalized spacial score (nSPS) is 10.9. The van der Waals surface area contributed by atoms with Crippen molar-refractivity contribution in [2.24, 2.45) is 0 Å². The summed E-state index contributed by atoms with van der Waals surface area (Å²) in [6.45, 7) is 3.73. The highest BCUT2D eigenvalue weighted by atomic mass is 16.5. The van der Waals surface area contributed by atoms with Gasteiger partial charge in [0.15, 0.2) is 0 Å². The van der Waals surface area contributed by atoms with Crippen molar-refractivity contribution in [3.05, 3.63) is 84.7 Å². The van der Waals surface area contributed by atoms with Gasteiger partial charge in [-0.25, -0.2) is 9.78 Å². The number of hydrogen-bond acceptors (Lipinski definition) is 4. The van der Waals surface area contributed by atoms with E-state index in [2.05, 4.69) is 11.6 Å². The number of rotatable bonds is 5. The van der Waals surface area contributed by atoms with Gasteiger partial charge in [0, 0.05) is 5.56 Å². The van der Waals surface area contributed by atoms with Crippen molar-refractivity contribution in [1.29, 1.82) is 0 Å². The number of carbonyl (C=O) groups excluding carboxylic acids is 1. The van der Waals surface area contributed by atoms with Crippen molar-refractivity contribution in [3.8, 4) is 5.75 Å². The van der Waals surface area contributed by atoms with Gasteiger partial charge in [0.05, 0.1) is 5.52 Å². The predicted molar refractivity (Wildman–Crippen MR) is 106 cm³/mol. The Labute approximate surface area is 160 Å². The van der Waals surface area contributed by atoms with Crippen LogP contribution in [0.5, 0.6) is 5.75 Å². The summed E-state index contributed by atoms with van der Waals surface area (Å²) in [7, 11) is 0. The average Bonchev–Trinajstić information content (AvgIpc) is 3.14. The highest BCUT2D eigenvalue weighted by molar-refractivity contribution is 6.12. The van der Waals surface area contributed by atoms with Gasteiger partial charge in [-0.1, -0.05) is 49.1 Å². The second kappa shape index (κ2) is 7.00. The van der Waals surface area contributed by atoms with E-state index in [1.807, 2.05) is 36.4 Å². The van der Waals surface area contributed by atoms with Gasteiger partial charge in [0.2, 0.25) is 0 Å². The Morgan fingerprint density at radius 3 is 2.68 bits per heavy atom. The van der Waals surface area contributed by atoms with E-state index in [-0.39, 0.29) is 29.3 Å². The Morgan fingerprint density at radius 2 is 1.89 bits per heavy atom. The lowest BCUT2D eigenvalue weighted by Crippen LogP contribution is -2.11. The number of imidazole rings is 1. The van der Waals surface area contributed by atoms with Crippen molar-refractivity contribution < 1.29 is 19.4 Å². The number of carboxylic acids is 1. The van der Waals surface area contributed by atoms with Crippen LogP contribution in [0.4, 0.5) is 0 Å². The van der Waals surface area contributed by atoms with Crippen LogP contribution >= 0.6 is 0 Å². The van der Waals surface area contributed by atoms with Crippen molar-refractivity contribution in [2.75, 3.05) is 6.61 Å². The van der Waals surface area contributed by atoms with Crippen molar-refractivity contribution in [1.82, 2.24) is 9.55 Å². The number of carbonyl (C=O) groups is 2. The van der Waals surface area contributed by atoms with Gasteiger partial charge in [0.1, 0.15) is 29.8 Å². The Kier molecular flexibility index (Phi) is 4.37. The smallest absolute Gasteiger partial charge is 0.341 e. The first kappa shape index (κ1) is 17.5. The quantitative estimate of drug-likeness (QED) is 0.533. The largest absolute Gasteiger partial charge is 0.489 e. The summed E-state index contributed by atoms with van der Waals surface area (Å²) in [5.41, 5.74) is 1.04. The molecule has 0 aliphatic rings. The number of nitrogens with zero attached hydrogens (tertiary/aromatic N) is 2. The molecule has 6 nitrogen and oxygen atoms in total. The first-order valence-electron chi connectivity index (χ1n) is 8.61. The Bertz CT molecular complexity index is 1230. The van der Waals surface area contributed by atoms with E-state index < -0.39 is 5.97 Å². The third-order valence-electron chi connectivity index (χ3n) is 4.49. The summed E-state index contributed by atoms with van der Waals surface area (Å²) >= 11 is 0. The molecule has 0 saturated carbocycles. The van der Waals surface area contributed by atoms with Crippen LogP contribution in [0.3, 0.4) is 0 Å². The molecule has 0 unspecified atom stereocenters. The molecule has 4 rings (SSSR count). The molecule has 1 aromatic heterocycles. The zero-order valence-corrected chi connectivity index (χ0v) is 14.8. The van der Waals surface area contributed by atoms with E-state index in [1.165, 1.54) is 23.0 Å². The number of benzene rings is 3. The first-order valence-corrected chi connectivity index (χ1v) is 8.61.